The first-order valence-electron chi connectivity index (χ1n) is 7.62. The number of carbonyl (C=O) groups excluding carboxylic acids is 1. The second kappa shape index (κ2) is 7.66. The Hall–Kier alpha value is -1.26. The van der Waals surface area contributed by atoms with E-state index in [1.54, 1.807) is 0 Å². The Morgan fingerprint density at radius 1 is 1.33 bits per heavy atom. The number of hydrogen-bond donors (Lipinski definition) is 1. The molecule has 1 saturated heterocycles. The van der Waals surface area contributed by atoms with Crippen LogP contribution in [0.25, 0.3) is 0 Å². The molecular weight excluding hydrogens is 286 g/mol. The number of hydrogen-bond acceptors (Lipinski definition) is 3. The van der Waals surface area contributed by atoms with Crippen LogP contribution in [0.5, 0.6) is 0 Å². The SMILES string of the molecule is CCNC(C)CC(=O)N1CCN(c2cccc(Cl)c2)CC1. The van der Waals surface area contributed by atoms with Crippen molar-refractivity contribution in [3.63, 3.8) is 0 Å². The van der Waals surface area contributed by atoms with Crippen LogP contribution >= 0.6 is 11.6 Å². The summed E-state index contributed by atoms with van der Waals surface area (Å²) in [5, 5.41) is 4.04. The van der Waals surface area contributed by atoms with E-state index >= 15 is 0 Å². The van der Waals surface area contributed by atoms with Gasteiger partial charge in [-0.3, -0.25) is 4.79 Å². The molecule has 21 heavy (non-hydrogen) atoms. The molecule has 0 spiro atoms. The van der Waals surface area contributed by atoms with Crippen molar-refractivity contribution < 1.29 is 4.79 Å². The van der Waals surface area contributed by atoms with Crippen LogP contribution < -0.4 is 10.2 Å². The molecule has 1 heterocycles. The topological polar surface area (TPSA) is 35.6 Å². The first kappa shape index (κ1) is 16.1. The number of halogens is 1. The standard InChI is InChI=1S/C16H24ClN3O/c1-3-18-13(2)11-16(21)20-9-7-19(8-10-20)15-6-4-5-14(17)12-15/h4-6,12-13,18H,3,7-11H2,1-2H3. The predicted octanol–water partition coefficient (Wildman–Crippen LogP) is 2.38. The van der Waals surface area contributed by atoms with Crippen molar-refractivity contribution in [2.45, 2.75) is 26.3 Å². The first-order chi connectivity index (χ1) is 10.1. The van der Waals surface area contributed by atoms with Gasteiger partial charge in [0.05, 0.1) is 0 Å². The van der Waals surface area contributed by atoms with Gasteiger partial charge in [-0.15, -0.1) is 0 Å². The van der Waals surface area contributed by atoms with Crippen molar-refractivity contribution in [3.05, 3.63) is 29.3 Å². The van der Waals surface area contributed by atoms with Gasteiger partial charge in [-0.2, -0.15) is 0 Å². The lowest BCUT2D eigenvalue weighted by atomic mass is 10.2. The quantitative estimate of drug-likeness (QED) is 0.907. The van der Waals surface area contributed by atoms with Crippen molar-refractivity contribution in [1.82, 2.24) is 10.2 Å². The molecule has 1 amide bonds. The summed E-state index contributed by atoms with van der Waals surface area (Å²) in [6, 6.07) is 8.14. The van der Waals surface area contributed by atoms with Gasteiger partial charge >= 0.3 is 0 Å². The summed E-state index contributed by atoms with van der Waals surface area (Å²) in [5.41, 5.74) is 1.13. The Balaban J connectivity index is 1.84. The Morgan fingerprint density at radius 2 is 2.05 bits per heavy atom. The number of anilines is 1. The van der Waals surface area contributed by atoms with Crippen LogP contribution in [0.2, 0.25) is 5.02 Å². The summed E-state index contributed by atoms with van der Waals surface area (Å²) in [6.45, 7) is 8.31. The van der Waals surface area contributed by atoms with Gasteiger partial charge < -0.3 is 15.1 Å². The van der Waals surface area contributed by atoms with Gasteiger partial charge in [0, 0.05) is 49.4 Å². The number of carbonyl (C=O) groups is 1. The number of rotatable bonds is 5. The summed E-state index contributed by atoms with van der Waals surface area (Å²) in [7, 11) is 0. The molecule has 0 aliphatic carbocycles. The van der Waals surface area contributed by atoms with Gasteiger partial charge in [-0.25, -0.2) is 0 Å². The Morgan fingerprint density at radius 3 is 2.67 bits per heavy atom. The number of amides is 1. The summed E-state index contributed by atoms with van der Waals surface area (Å²) < 4.78 is 0. The minimum Gasteiger partial charge on any atom is -0.368 e. The average molecular weight is 310 g/mol. The average Bonchev–Trinajstić information content (AvgIpc) is 2.47. The van der Waals surface area contributed by atoms with Crippen LogP contribution in [-0.2, 0) is 4.79 Å². The highest BCUT2D eigenvalue weighted by atomic mass is 35.5. The van der Waals surface area contributed by atoms with Gasteiger partial charge in [0.25, 0.3) is 0 Å². The zero-order valence-electron chi connectivity index (χ0n) is 12.8. The van der Waals surface area contributed by atoms with Crippen LogP contribution in [0, 0.1) is 0 Å². The first-order valence-corrected chi connectivity index (χ1v) is 7.99. The third-order valence-corrected chi connectivity index (χ3v) is 4.07. The molecule has 1 aromatic rings. The van der Waals surface area contributed by atoms with E-state index in [4.69, 9.17) is 11.6 Å². The number of nitrogens with one attached hydrogen (secondary N) is 1. The van der Waals surface area contributed by atoms with Gasteiger partial charge in [-0.05, 0) is 31.7 Å². The maximum atomic E-state index is 12.2. The lowest BCUT2D eigenvalue weighted by Gasteiger charge is -2.36. The highest BCUT2D eigenvalue weighted by Crippen LogP contribution is 2.20. The van der Waals surface area contributed by atoms with E-state index < -0.39 is 0 Å². The van der Waals surface area contributed by atoms with Crippen LogP contribution in [-0.4, -0.2) is 49.6 Å². The molecule has 1 aliphatic heterocycles. The van der Waals surface area contributed by atoms with E-state index in [0.717, 1.165) is 43.4 Å². The Bertz CT molecular complexity index is 472. The molecule has 0 bridgehead atoms. The molecular formula is C16H24ClN3O. The van der Waals surface area contributed by atoms with E-state index in [1.165, 1.54) is 0 Å². The fraction of sp³-hybridized carbons (Fsp3) is 0.562. The second-order valence-corrected chi connectivity index (χ2v) is 5.95. The monoisotopic (exact) mass is 309 g/mol. The third-order valence-electron chi connectivity index (χ3n) is 3.84. The third kappa shape index (κ3) is 4.61. The Kier molecular flexibility index (Phi) is 5.88. The van der Waals surface area contributed by atoms with Crippen LogP contribution in [0.4, 0.5) is 5.69 Å². The highest BCUT2D eigenvalue weighted by Gasteiger charge is 2.22. The molecule has 1 atom stereocenters. The van der Waals surface area contributed by atoms with E-state index in [0.29, 0.717) is 6.42 Å². The summed E-state index contributed by atoms with van der Waals surface area (Å²) in [4.78, 5) is 16.5. The molecule has 2 rings (SSSR count). The van der Waals surface area contributed by atoms with Gasteiger partial charge in [-0.1, -0.05) is 24.6 Å². The fourth-order valence-corrected chi connectivity index (χ4v) is 2.88. The largest absolute Gasteiger partial charge is 0.368 e. The summed E-state index contributed by atoms with van der Waals surface area (Å²) in [5.74, 6) is 0.245. The molecule has 1 fully saturated rings. The molecule has 1 aliphatic rings. The van der Waals surface area contributed by atoms with Crippen molar-refractivity contribution in [2.75, 3.05) is 37.6 Å². The van der Waals surface area contributed by atoms with Crippen molar-refractivity contribution in [1.29, 1.82) is 0 Å². The van der Waals surface area contributed by atoms with Gasteiger partial charge in [0.15, 0.2) is 0 Å². The van der Waals surface area contributed by atoms with E-state index in [-0.39, 0.29) is 11.9 Å². The van der Waals surface area contributed by atoms with Crippen molar-refractivity contribution in [2.24, 2.45) is 0 Å². The number of nitrogens with zero attached hydrogens (tertiary/aromatic N) is 2. The Labute approximate surface area is 132 Å². The van der Waals surface area contributed by atoms with E-state index in [2.05, 4.69) is 30.1 Å². The highest BCUT2D eigenvalue weighted by molar-refractivity contribution is 6.30. The smallest absolute Gasteiger partial charge is 0.224 e. The molecule has 4 nitrogen and oxygen atoms in total. The zero-order chi connectivity index (χ0) is 15.2. The molecule has 0 saturated carbocycles. The maximum Gasteiger partial charge on any atom is 0.224 e. The molecule has 1 N–H and O–H groups in total. The predicted molar refractivity (Wildman–Crippen MR) is 88.0 cm³/mol. The minimum absolute atomic E-state index is 0.244. The zero-order valence-corrected chi connectivity index (χ0v) is 13.6. The van der Waals surface area contributed by atoms with E-state index in [1.807, 2.05) is 23.1 Å². The van der Waals surface area contributed by atoms with Crippen LogP contribution in [0.15, 0.2) is 24.3 Å². The second-order valence-electron chi connectivity index (χ2n) is 5.51. The molecule has 1 unspecified atom stereocenters. The van der Waals surface area contributed by atoms with Gasteiger partial charge in [0.2, 0.25) is 5.91 Å². The lowest BCUT2D eigenvalue weighted by molar-refractivity contribution is -0.131. The van der Waals surface area contributed by atoms with Crippen LogP contribution in [0.1, 0.15) is 20.3 Å². The van der Waals surface area contributed by atoms with Gasteiger partial charge in [0.1, 0.15) is 0 Å². The number of piperazine rings is 1. The van der Waals surface area contributed by atoms with Crippen molar-refractivity contribution >= 4 is 23.2 Å². The lowest BCUT2D eigenvalue weighted by Crippen LogP contribution is -2.49. The summed E-state index contributed by atoms with van der Waals surface area (Å²) >= 11 is 6.03. The molecule has 5 heteroatoms. The van der Waals surface area contributed by atoms with Crippen molar-refractivity contribution in [3.8, 4) is 0 Å². The minimum atomic E-state index is 0.244. The molecule has 0 aromatic heterocycles. The van der Waals surface area contributed by atoms with E-state index in [9.17, 15) is 4.79 Å². The summed E-state index contributed by atoms with van der Waals surface area (Å²) in [6.07, 6.45) is 0.574. The number of benzene rings is 1. The fourth-order valence-electron chi connectivity index (χ4n) is 2.70. The normalized spacial score (nSPS) is 16.9. The maximum absolute atomic E-state index is 12.2. The molecule has 116 valence electrons. The van der Waals surface area contributed by atoms with Crippen LogP contribution in [0.3, 0.4) is 0 Å². The molecule has 0 radical (unpaired) electrons. The molecule has 1 aromatic carbocycles.